The Bertz CT molecular complexity index is 608. The number of hydrogen-bond acceptors (Lipinski definition) is 5. The van der Waals surface area contributed by atoms with Gasteiger partial charge in [0.15, 0.2) is 5.96 Å². The van der Waals surface area contributed by atoms with Crippen molar-refractivity contribution in [1.82, 2.24) is 15.6 Å². The molecular weight excluding hydrogens is 484 g/mol. The van der Waals surface area contributed by atoms with E-state index in [1.54, 1.807) is 20.8 Å². The maximum atomic E-state index is 12.2. The van der Waals surface area contributed by atoms with Crippen molar-refractivity contribution in [3.05, 3.63) is 15.6 Å². The number of carbonyl (C=O) groups is 1. The van der Waals surface area contributed by atoms with Crippen LogP contribution in [0.2, 0.25) is 0 Å². The van der Waals surface area contributed by atoms with Gasteiger partial charge in [-0.15, -0.1) is 35.3 Å². The molecule has 0 aliphatic carbocycles. The van der Waals surface area contributed by atoms with Crippen LogP contribution in [0.5, 0.6) is 0 Å². The highest BCUT2D eigenvalue weighted by Gasteiger charge is 2.26. The first-order chi connectivity index (χ1) is 11.7. The van der Waals surface area contributed by atoms with Crippen molar-refractivity contribution in [3.8, 4) is 0 Å². The zero-order chi connectivity index (χ0) is 19.0. The van der Waals surface area contributed by atoms with Crippen molar-refractivity contribution >= 4 is 47.2 Å². The third kappa shape index (κ3) is 8.52. The van der Waals surface area contributed by atoms with Crippen molar-refractivity contribution in [3.63, 3.8) is 0 Å². The van der Waals surface area contributed by atoms with Gasteiger partial charge in [-0.3, -0.25) is 4.99 Å². The smallest absolute Gasteiger partial charge is 0.390 e. The summed E-state index contributed by atoms with van der Waals surface area (Å²) in [4.78, 5) is 20.5. The second-order valence-corrected chi connectivity index (χ2v) is 6.21. The van der Waals surface area contributed by atoms with E-state index in [-0.39, 0.29) is 49.1 Å². The van der Waals surface area contributed by atoms with Gasteiger partial charge in [0.05, 0.1) is 31.3 Å². The van der Waals surface area contributed by atoms with Crippen molar-refractivity contribution in [2.24, 2.45) is 4.99 Å². The zero-order valence-electron chi connectivity index (χ0n) is 15.1. The molecule has 1 unspecified atom stereocenters. The van der Waals surface area contributed by atoms with E-state index < -0.39 is 18.6 Å². The predicted octanol–water partition coefficient (Wildman–Crippen LogP) is 3.81. The lowest BCUT2D eigenvalue weighted by atomic mass is 10.3. The van der Waals surface area contributed by atoms with Crippen molar-refractivity contribution < 1.29 is 22.7 Å². The topological polar surface area (TPSA) is 75.6 Å². The van der Waals surface area contributed by atoms with Crippen LogP contribution in [-0.4, -0.2) is 42.8 Å². The zero-order valence-corrected chi connectivity index (χ0v) is 18.2. The SMILES string of the molecule is CCNC(=NCCC(F)(F)F)NC(C)c1nc(C)c(C(=O)OCC)s1.I. The highest BCUT2D eigenvalue weighted by atomic mass is 127. The Morgan fingerprint density at radius 1 is 1.38 bits per heavy atom. The molecule has 0 bridgehead atoms. The largest absolute Gasteiger partial charge is 0.462 e. The molecule has 0 amide bonds. The first-order valence-electron chi connectivity index (χ1n) is 7.94. The Hall–Kier alpha value is -1.11. The molecule has 150 valence electrons. The van der Waals surface area contributed by atoms with Crippen LogP contribution in [0.3, 0.4) is 0 Å². The van der Waals surface area contributed by atoms with E-state index in [1.165, 1.54) is 11.3 Å². The molecule has 1 heterocycles. The minimum atomic E-state index is -4.24. The van der Waals surface area contributed by atoms with Gasteiger partial charge in [0.1, 0.15) is 9.88 Å². The highest BCUT2D eigenvalue weighted by Crippen LogP contribution is 2.24. The number of esters is 1. The Morgan fingerprint density at radius 2 is 2.04 bits per heavy atom. The van der Waals surface area contributed by atoms with Crippen molar-refractivity contribution in [2.75, 3.05) is 19.7 Å². The van der Waals surface area contributed by atoms with E-state index in [4.69, 9.17) is 4.74 Å². The Balaban J connectivity index is 0.00000625. The fraction of sp³-hybridized carbons (Fsp3) is 0.667. The van der Waals surface area contributed by atoms with Crippen LogP contribution >= 0.6 is 35.3 Å². The number of nitrogens with one attached hydrogen (secondary N) is 2. The van der Waals surface area contributed by atoms with E-state index in [1.807, 2.05) is 6.92 Å². The van der Waals surface area contributed by atoms with Crippen LogP contribution in [-0.2, 0) is 4.74 Å². The lowest BCUT2D eigenvalue weighted by Gasteiger charge is -2.16. The fourth-order valence-electron chi connectivity index (χ4n) is 1.87. The van der Waals surface area contributed by atoms with Gasteiger partial charge in [0.25, 0.3) is 0 Å². The third-order valence-electron chi connectivity index (χ3n) is 3.01. The van der Waals surface area contributed by atoms with Crippen LogP contribution in [0.25, 0.3) is 0 Å². The number of aryl methyl sites for hydroxylation is 1. The summed E-state index contributed by atoms with van der Waals surface area (Å²) in [5, 5.41) is 6.52. The Morgan fingerprint density at radius 3 is 2.58 bits per heavy atom. The van der Waals surface area contributed by atoms with E-state index in [9.17, 15) is 18.0 Å². The monoisotopic (exact) mass is 508 g/mol. The van der Waals surface area contributed by atoms with Gasteiger partial charge >= 0.3 is 12.1 Å². The molecule has 0 spiro atoms. The maximum absolute atomic E-state index is 12.2. The molecule has 6 nitrogen and oxygen atoms in total. The number of rotatable bonds is 7. The van der Waals surface area contributed by atoms with Gasteiger partial charge < -0.3 is 15.4 Å². The number of carbonyl (C=O) groups excluding carboxylic acids is 1. The first-order valence-corrected chi connectivity index (χ1v) is 8.75. The molecule has 11 heteroatoms. The number of hydrogen-bond donors (Lipinski definition) is 2. The predicted molar refractivity (Wildman–Crippen MR) is 106 cm³/mol. The summed E-state index contributed by atoms with van der Waals surface area (Å²) < 4.78 is 41.7. The lowest BCUT2D eigenvalue weighted by Crippen LogP contribution is -2.39. The van der Waals surface area contributed by atoms with Crippen LogP contribution in [0.15, 0.2) is 4.99 Å². The fourth-order valence-corrected chi connectivity index (χ4v) is 2.83. The van der Waals surface area contributed by atoms with Crippen LogP contribution in [0.1, 0.15) is 53.6 Å². The molecule has 1 atom stereocenters. The number of aliphatic imine (C=N–C) groups is 1. The first kappa shape index (κ1) is 24.9. The molecule has 0 radical (unpaired) electrons. The van der Waals surface area contributed by atoms with Gasteiger partial charge in [-0.2, -0.15) is 13.2 Å². The number of nitrogens with zero attached hydrogens (tertiary/aromatic N) is 2. The Labute approximate surface area is 172 Å². The van der Waals surface area contributed by atoms with E-state index >= 15 is 0 Å². The summed E-state index contributed by atoms with van der Waals surface area (Å²) in [6.07, 6.45) is -5.23. The third-order valence-corrected chi connectivity index (χ3v) is 4.33. The normalized spacial score (nSPS) is 13.0. The molecule has 0 aliphatic heterocycles. The molecule has 0 aliphatic rings. The quantitative estimate of drug-likeness (QED) is 0.254. The van der Waals surface area contributed by atoms with Crippen LogP contribution in [0, 0.1) is 6.92 Å². The standard InChI is InChI=1S/C15H23F3N4O2S.HI/c1-5-19-14(20-8-7-15(16,17)18)22-10(4)12-21-9(3)11(25-12)13(23)24-6-2;/h10H,5-8H2,1-4H3,(H2,19,20,22);1H. The van der Waals surface area contributed by atoms with E-state index in [2.05, 4.69) is 20.6 Å². The van der Waals surface area contributed by atoms with Gasteiger partial charge in [-0.1, -0.05) is 0 Å². The van der Waals surface area contributed by atoms with Crippen LogP contribution in [0.4, 0.5) is 13.2 Å². The number of guanidine groups is 1. The van der Waals surface area contributed by atoms with Crippen molar-refractivity contribution in [2.45, 2.75) is 46.3 Å². The highest BCUT2D eigenvalue weighted by molar-refractivity contribution is 14.0. The molecule has 1 rings (SSSR count). The van der Waals surface area contributed by atoms with E-state index in [0.29, 0.717) is 22.1 Å². The molecule has 0 saturated carbocycles. The average Bonchev–Trinajstić information content (AvgIpc) is 2.88. The molecule has 2 N–H and O–H groups in total. The molecule has 1 aromatic heterocycles. The minimum absolute atomic E-state index is 0. The van der Waals surface area contributed by atoms with Gasteiger partial charge in [0, 0.05) is 6.54 Å². The number of halogens is 4. The Kier molecular flexibility index (Phi) is 11.1. The van der Waals surface area contributed by atoms with Gasteiger partial charge in [-0.05, 0) is 27.7 Å². The lowest BCUT2D eigenvalue weighted by molar-refractivity contribution is -0.132. The summed E-state index contributed by atoms with van der Waals surface area (Å²) in [7, 11) is 0. The summed E-state index contributed by atoms with van der Waals surface area (Å²) in [5.74, 6) is -0.161. The second-order valence-electron chi connectivity index (χ2n) is 5.18. The summed E-state index contributed by atoms with van der Waals surface area (Å²) in [5.41, 5.74) is 0.561. The van der Waals surface area contributed by atoms with Gasteiger partial charge in [0.2, 0.25) is 0 Å². The van der Waals surface area contributed by atoms with E-state index in [0.717, 1.165) is 0 Å². The summed E-state index contributed by atoms with van der Waals surface area (Å²) in [6.45, 7) is 7.46. The molecule has 0 fully saturated rings. The molecule has 1 aromatic rings. The average molecular weight is 508 g/mol. The number of ether oxygens (including phenoxy) is 1. The molecule has 0 aromatic carbocycles. The van der Waals surface area contributed by atoms with Crippen LogP contribution < -0.4 is 10.6 Å². The number of thiazole rings is 1. The summed E-state index contributed by atoms with van der Waals surface area (Å²) >= 11 is 1.19. The maximum Gasteiger partial charge on any atom is 0.390 e. The minimum Gasteiger partial charge on any atom is -0.462 e. The summed E-state index contributed by atoms with van der Waals surface area (Å²) in [6, 6.07) is -0.324. The number of alkyl halides is 3. The van der Waals surface area contributed by atoms with Crippen molar-refractivity contribution in [1.29, 1.82) is 0 Å². The second kappa shape index (κ2) is 11.6. The number of aromatic nitrogens is 1. The van der Waals surface area contributed by atoms with Gasteiger partial charge in [-0.25, -0.2) is 9.78 Å². The molecular formula is C15H24F3IN4O2S. The molecule has 0 saturated heterocycles. The molecule has 26 heavy (non-hydrogen) atoms.